The van der Waals surface area contributed by atoms with Crippen LogP contribution in [-0.4, -0.2) is 48.3 Å². The summed E-state index contributed by atoms with van der Waals surface area (Å²) in [6, 6.07) is 2.53. The van der Waals surface area contributed by atoms with Crippen molar-refractivity contribution in [2.45, 2.75) is 52.3 Å². The molecule has 0 aliphatic carbocycles. The van der Waals surface area contributed by atoms with Crippen LogP contribution >= 0.6 is 0 Å². The molecule has 1 aliphatic rings. The molecule has 3 N–H and O–H groups in total. The van der Waals surface area contributed by atoms with Gasteiger partial charge in [-0.25, -0.2) is 14.0 Å². The van der Waals surface area contributed by atoms with Crippen molar-refractivity contribution in [1.82, 2.24) is 10.2 Å². The van der Waals surface area contributed by atoms with Gasteiger partial charge in [-0.15, -0.1) is 0 Å². The molecule has 2 rings (SSSR count). The Labute approximate surface area is 159 Å². The van der Waals surface area contributed by atoms with Crippen molar-refractivity contribution in [3.63, 3.8) is 0 Å². The van der Waals surface area contributed by atoms with Crippen LogP contribution in [0.4, 0.5) is 14.9 Å². The summed E-state index contributed by atoms with van der Waals surface area (Å²) in [5.41, 5.74) is 5.96. The number of halogens is 1. The normalized spacial score (nSPS) is 17.6. The zero-order valence-electron chi connectivity index (χ0n) is 16.3. The van der Waals surface area contributed by atoms with E-state index < -0.39 is 23.5 Å². The van der Waals surface area contributed by atoms with Gasteiger partial charge in [0.15, 0.2) is 0 Å². The maximum atomic E-state index is 14.4. The molecule has 0 saturated carbocycles. The van der Waals surface area contributed by atoms with Gasteiger partial charge in [-0.2, -0.15) is 0 Å². The molecule has 0 unspecified atom stereocenters. The Hall–Kier alpha value is -2.35. The van der Waals surface area contributed by atoms with Crippen LogP contribution in [0, 0.1) is 5.82 Å². The van der Waals surface area contributed by atoms with Gasteiger partial charge in [0.25, 0.3) is 0 Å². The zero-order valence-corrected chi connectivity index (χ0v) is 16.3. The standard InChI is InChI=1S/C19H28FN3O4/c1-5-26-17(24)14-9-15(20)12(8-16(14)21)10-23-7-6-13(11-23)22-18(25)27-19(2,3)4/h8-9,13H,5-7,10-11,21H2,1-4H3,(H,22,25)/t13-/m0/s1. The molecule has 1 atom stereocenters. The fraction of sp³-hybridized carbons (Fsp3) is 0.579. The van der Waals surface area contributed by atoms with Gasteiger partial charge in [-0.1, -0.05) is 0 Å². The maximum absolute atomic E-state index is 14.4. The molecule has 0 spiro atoms. The van der Waals surface area contributed by atoms with E-state index in [0.29, 0.717) is 25.2 Å². The molecule has 1 saturated heterocycles. The summed E-state index contributed by atoms with van der Waals surface area (Å²) in [5, 5.41) is 2.83. The molecule has 150 valence electrons. The minimum absolute atomic E-state index is 0.0315. The lowest BCUT2D eigenvalue weighted by molar-refractivity contribution is 0.0501. The van der Waals surface area contributed by atoms with Crippen LogP contribution in [0.15, 0.2) is 12.1 Å². The summed E-state index contributed by atoms with van der Waals surface area (Å²) in [7, 11) is 0. The van der Waals surface area contributed by atoms with Crippen LogP contribution in [0.5, 0.6) is 0 Å². The average Bonchev–Trinajstić information content (AvgIpc) is 2.95. The second kappa shape index (κ2) is 8.56. The smallest absolute Gasteiger partial charge is 0.407 e. The Bertz CT molecular complexity index is 703. The molecule has 0 aromatic heterocycles. The van der Waals surface area contributed by atoms with E-state index in [0.717, 1.165) is 12.5 Å². The van der Waals surface area contributed by atoms with Gasteiger partial charge in [0, 0.05) is 36.9 Å². The van der Waals surface area contributed by atoms with E-state index in [-0.39, 0.29) is 23.9 Å². The number of benzene rings is 1. The van der Waals surface area contributed by atoms with Crippen molar-refractivity contribution in [3.05, 3.63) is 29.1 Å². The van der Waals surface area contributed by atoms with Crippen molar-refractivity contribution >= 4 is 17.7 Å². The van der Waals surface area contributed by atoms with Crippen molar-refractivity contribution in [2.24, 2.45) is 0 Å². The third-order valence-electron chi connectivity index (χ3n) is 4.10. The van der Waals surface area contributed by atoms with E-state index in [4.69, 9.17) is 15.2 Å². The molecule has 1 heterocycles. The number of rotatable bonds is 5. The number of nitrogen functional groups attached to an aromatic ring is 1. The Balaban J connectivity index is 1.95. The number of esters is 1. The second-order valence-corrected chi connectivity index (χ2v) is 7.62. The summed E-state index contributed by atoms with van der Waals surface area (Å²) in [4.78, 5) is 25.7. The number of carbonyl (C=O) groups is 2. The van der Waals surface area contributed by atoms with E-state index in [1.807, 2.05) is 4.90 Å². The van der Waals surface area contributed by atoms with Gasteiger partial charge in [0.2, 0.25) is 0 Å². The van der Waals surface area contributed by atoms with Crippen molar-refractivity contribution in [1.29, 1.82) is 0 Å². The number of nitrogens with one attached hydrogen (secondary N) is 1. The molecule has 1 fully saturated rings. The van der Waals surface area contributed by atoms with E-state index in [1.165, 1.54) is 6.07 Å². The van der Waals surface area contributed by atoms with Gasteiger partial charge >= 0.3 is 12.1 Å². The number of anilines is 1. The van der Waals surface area contributed by atoms with Crippen LogP contribution < -0.4 is 11.1 Å². The molecule has 0 bridgehead atoms. The van der Waals surface area contributed by atoms with E-state index in [9.17, 15) is 14.0 Å². The summed E-state index contributed by atoms with van der Waals surface area (Å²) in [6.45, 7) is 8.92. The molecule has 1 amide bonds. The highest BCUT2D eigenvalue weighted by Gasteiger charge is 2.27. The third kappa shape index (κ3) is 6.09. The average molecular weight is 381 g/mol. The van der Waals surface area contributed by atoms with E-state index in [2.05, 4.69) is 5.32 Å². The van der Waals surface area contributed by atoms with Gasteiger partial charge in [-0.3, -0.25) is 4.90 Å². The van der Waals surface area contributed by atoms with Gasteiger partial charge in [0.1, 0.15) is 11.4 Å². The molecular formula is C19H28FN3O4. The summed E-state index contributed by atoms with van der Waals surface area (Å²) >= 11 is 0. The van der Waals surface area contributed by atoms with Crippen LogP contribution in [0.3, 0.4) is 0 Å². The van der Waals surface area contributed by atoms with Crippen LogP contribution in [0.25, 0.3) is 0 Å². The van der Waals surface area contributed by atoms with Crippen molar-refractivity contribution in [3.8, 4) is 0 Å². The highest BCUT2D eigenvalue weighted by Crippen LogP contribution is 2.22. The number of nitrogens with zero attached hydrogens (tertiary/aromatic N) is 1. The number of hydrogen-bond donors (Lipinski definition) is 2. The zero-order chi connectivity index (χ0) is 20.2. The van der Waals surface area contributed by atoms with Crippen molar-refractivity contribution < 1.29 is 23.5 Å². The van der Waals surface area contributed by atoms with E-state index in [1.54, 1.807) is 27.7 Å². The van der Waals surface area contributed by atoms with Crippen LogP contribution in [0.2, 0.25) is 0 Å². The first kappa shape index (κ1) is 21.0. The molecule has 1 aromatic carbocycles. The fourth-order valence-corrected chi connectivity index (χ4v) is 2.95. The Morgan fingerprint density at radius 3 is 2.70 bits per heavy atom. The highest BCUT2D eigenvalue weighted by atomic mass is 19.1. The lowest BCUT2D eigenvalue weighted by atomic mass is 10.1. The molecule has 8 heteroatoms. The summed E-state index contributed by atoms with van der Waals surface area (Å²) in [6.07, 6.45) is 0.292. The quantitative estimate of drug-likeness (QED) is 0.602. The predicted octanol–water partition coefficient (Wildman–Crippen LogP) is 2.68. The fourth-order valence-electron chi connectivity index (χ4n) is 2.95. The first-order valence-electron chi connectivity index (χ1n) is 9.06. The van der Waals surface area contributed by atoms with Gasteiger partial charge in [-0.05, 0) is 46.2 Å². The number of carbonyl (C=O) groups excluding carboxylic acids is 2. The van der Waals surface area contributed by atoms with Crippen LogP contribution in [0.1, 0.15) is 50.0 Å². The number of nitrogens with two attached hydrogens (primary N) is 1. The lowest BCUT2D eigenvalue weighted by Gasteiger charge is -2.22. The summed E-state index contributed by atoms with van der Waals surface area (Å²) < 4.78 is 24.5. The number of ether oxygens (including phenoxy) is 2. The first-order chi connectivity index (χ1) is 12.6. The third-order valence-corrected chi connectivity index (χ3v) is 4.10. The molecule has 7 nitrogen and oxygen atoms in total. The monoisotopic (exact) mass is 381 g/mol. The number of alkyl carbamates (subject to hydrolysis) is 1. The molecular weight excluding hydrogens is 353 g/mol. The minimum Gasteiger partial charge on any atom is -0.462 e. The predicted molar refractivity (Wildman–Crippen MR) is 99.8 cm³/mol. The highest BCUT2D eigenvalue weighted by molar-refractivity contribution is 5.95. The van der Waals surface area contributed by atoms with Crippen LogP contribution in [-0.2, 0) is 16.0 Å². The summed E-state index contributed by atoms with van der Waals surface area (Å²) in [5.74, 6) is -1.14. The number of amides is 1. The van der Waals surface area contributed by atoms with Crippen molar-refractivity contribution in [2.75, 3.05) is 25.4 Å². The number of likely N-dealkylation sites (tertiary alicyclic amines) is 1. The van der Waals surface area contributed by atoms with E-state index >= 15 is 0 Å². The Kier molecular flexibility index (Phi) is 6.64. The Morgan fingerprint density at radius 1 is 1.37 bits per heavy atom. The molecule has 0 radical (unpaired) electrons. The second-order valence-electron chi connectivity index (χ2n) is 7.62. The minimum atomic E-state index is -0.636. The molecule has 1 aromatic rings. The SMILES string of the molecule is CCOC(=O)c1cc(F)c(CN2CC[C@H](NC(=O)OC(C)(C)C)C2)cc1N. The lowest BCUT2D eigenvalue weighted by Crippen LogP contribution is -2.40. The van der Waals surface area contributed by atoms with Gasteiger partial charge in [0.05, 0.1) is 12.2 Å². The van der Waals surface area contributed by atoms with Gasteiger partial charge < -0.3 is 20.5 Å². The topological polar surface area (TPSA) is 93.9 Å². The number of hydrogen-bond acceptors (Lipinski definition) is 6. The maximum Gasteiger partial charge on any atom is 0.407 e. The molecule has 27 heavy (non-hydrogen) atoms. The molecule has 1 aliphatic heterocycles. The Morgan fingerprint density at radius 2 is 2.07 bits per heavy atom. The first-order valence-corrected chi connectivity index (χ1v) is 9.06. The largest absolute Gasteiger partial charge is 0.462 e.